The van der Waals surface area contributed by atoms with Crippen LogP contribution in [-0.4, -0.2) is 0 Å². The maximum Gasteiger partial charge on any atom is -0.00256 e. The van der Waals surface area contributed by atoms with Crippen LogP contribution < -0.4 is 0 Å². The highest BCUT2D eigenvalue weighted by Gasteiger charge is 2.03. The Bertz CT molecular complexity index is 532. The zero-order valence-electron chi connectivity index (χ0n) is 11.2. The number of allylic oxidation sites excluding steroid dienone is 1. The van der Waals surface area contributed by atoms with Gasteiger partial charge in [0.15, 0.2) is 0 Å². The van der Waals surface area contributed by atoms with Crippen molar-refractivity contribution < 1.29 is 0 Å². The summed E-state index contributed by atoms with van der Waals surface area (Å²) in [4.78, 5) is 0. The van der Waals surface area contributed by atoms with Crippen LogP contribution in [0.2, 0.25) is 0 Å². The van der Waals surface area contributed by atoms with Crippen LogP contribution in [0.1, 0.15) is 29.2 Å². The smallest absolute Gasteiger partial charge is 0.00256 e. The minimum atomic E-state index is 0.925. The van der Waals surface area contributed by atoms with Crippen LogP contribution in [0.5, 0.6) is 0 Å². The van der Waals surface area contributed by atoms with Crippen LogP contribution in [0.4, 0.5) is 0 Å². The van der Waals surface area contributed by atoms with Gasteiger partial charge >= 0.3 is 0 Å². The minimum Gasteiger partial charge on any atom is -0.0949 e. The van der Waals surface area contributed by atoms with Crippen LogP contribution >= 0.6 is 0 Å². The van der Waals surface area contributed by atoms with Gasteiger partial charge in [0.2, 0.25) is 0 Å². The highest BCUT2D eigenvalue weighted by Crippen LogP contribution is 2.21. The van der Waals surface area contributed by atoms with Gasteiger partial charge in [-0.05, 0) is 47.6 Å². The third-order valence-corrected chi connectivity index (χ3v) is 3.37. The molecule has 0 nitrogen and oxygen atoms in total. The number of rotatable bonds is 4. The Morgan fingerprint density at radius 1 is 0.944 bits per heavy atom. The second-order valence-electron chi connectivity index (χ2n) is 4.77. The Balaban J connectivity index is 2.14. The van der Waals surface area contributed by atoms with Crippen molar-refractivity contribution in [2.75, 3.05) is 0 Å². The van der Waals surface area contributed by atoms with Gasteiger partial charge in [0.25, 0.3) is 0 Å². The third kappa shape index (κ3) is 2.89. The van der Waals surface area contributed by atoms with Gasteiger partial charge in [-0.2, -0.15) is 0 Å². The molecule has 0 aliphatic carbocycles. The van der Waals surface area contributed by atoms with Gasteiger partial charge < -0.3 is 0 Å². The molecule has 0 heterocycles. The highest BCUT2D eigenvalue weighted by atomic mass is 14.1. The molecule has 0 heteroatoms. The molecular formula is C18H20. The van der Waals surface area contributed by atoms with E-state index in [2.05, 4.69) is 69.0 Å². The first kappa shape index (κ1) is 12.6. The molecular weight excluding hydrogens is 216 g/mol. The molecule has 0 saturated heterocycles. The van der Waals surface area contributed by atoms with Crippen molar-refractivity contribution >= 4 is 5.57 Å². The molecule has 2 rings (SSSR count). The summed E-state index contributed by atoms with van der Waals surface area (Å²) in [6.07, 6.45) is 2.02. The van der Waals surface area contributed by atoms with Crippen LogP contribution in [0.3, 0.4) is 0 Å². The molecule has 0 aliphatic rings. The molecule has 92 valence electrons. The lowest BCUT2D eigenvalue weighted by Crippen LogP contribution is -1.92. The molecule has 0 saturated carbocycles. The summed E-state index contributed by atoms with van der Waals surface area (Å²) in [7, 11) is 0. The lowest BCUT2D eigenvalue weighted by Gasteiger charge is -2.09. The number of aryl methyl sites for hydroxylation is 2. The second-order valence-corrected chi connectivity index (χ2v) is 4.77. The van der Waals surface area contributed by atoms with Crippen molar-refractivity contribution in [3.05, 3.63) is 77.4 Å². The zero-order chi connectivity index (χ0) is 13.0. The van der Waals surface area contributed by atoms with E-state index < -0.39 is 0 Å². The average Bonchev–Trinajstić information content (AvgIpc) is 2.40. The average molecular weight is 236 g/mol. The molecule has 0 atom stereocenters. The molecule has 0 spiro atoms. The van der Waals surface area contributed by atoms with E-state index in [1.807, 2.05) is 0 Å². The number of hydrogen-bond donors (Lipinski definition) is 0. The van der Waals surface area contributed by atoms with Crippen molar-refractivity contribution in [1.82, 2.24) is 0 Å². The summed E-state index contributed by atoms with van der Waals surface area (Å²) in [5, 5.41) is 0. The van der Waals surface area contributed by atoms with Crippen molar-refractivity contribution in [3.8, 4) is 0 Å². The van der Waals surface area contributed by atoms with Crippen molar-refractivity contribution in [1.29, 1.82) is 0 Å². The largest absolute Gasteiger partial charge is 0.0949 e. The SMILES string of the molecule is C=C(Cc1ccc(CC)cc1)c1ccccc1C. The van der Waals surface area contributed by atoms with E-state index in [-0.39, 0.29) is 0 Å². The fourth-order valence-corrected chi connectivity index (χ4v) is 2.20. The zero-order valence-corrected chi connectivity index (χ0v) is 11.2. The molecule has 0 bridgehead atoms. The minimum absolute atomic E-state index is 0.925. The third-order valence-electron chi connectivity index (χ3n) is 3.37. The Morgan fingerprint density at radius 2 is 1.56 bits per heavy atom. The Morgan fingerprint density at radius 3 is 2.17 bits per heavy atom. The lowest BCUT2D eigenvalue weighted by atomic mass is 9.96. The molecule has 0 amide bonds. The lowest BCUT2D eigenvalue weighted by molar-refractivity contribution is 1.13. The monoisotopic (exact) mass is 236 g/mol. The van der Waals surface area contributed by atoms with Crippen LogP contribution in [0.15, 0.2) is 55.1 Å². The fourth-order valence-electron chi connectivity index (χ4n) is 2.20. The van der Waals surface area contributed by atoms with E-state index >= 15 is 0 Å². The van der Waals surface area contributed by atoms with Crippen LogP contribution in [0, 0.1) is 6.92 Å². The standard InChI is InChI=1S/C18H20/c1-4-16-9-11-17(12-10-16)13-15(3)18-8-6-5-7-14(18)2/h5-12H,3-4,13H2,1-2H3. The fraction of sp³-hybridized carbons (Fsp3) is 0.222. The normalized spacial score (nSPS) is 10.3. The van der Waals surface area contributed by atoms with E-state index in [0.29, 0.717) is 0 Å². The van der Waals surface area contributed by atoms with Crippen LogP contribution in [0.25, 0.3) is 5.57 Å². The predicted octanol–water partition coefficient (Wildman–Crippen LogP) is 4.81. The predicted molar refractivity (Wildman–Crippen MR) is 79.7 cm³/mol. The maximum atomic E-state index is 4.22. The van der Waals surface area contributed by atoms with E-state index in [1.54, 1.807) is 0 Å². The molecule has 0 aliphatic heterocycles. The van der Waals surface area contributed by atoms with E-state index in [1.165, 1.54) is 27.8 Å². The summed E-state index contributed by atoms with van der Waals surface area (Å²) >= 11 is 0. The molecule has 0 radical (unpaired) electrons. The van der Waals surface area contributed by atoms with Gasteiger partial charge in [-0.15, -0.1) is 0 Å². The van der Waals surface area contributed by atoms with Gasteiger partial charge in [0, 0.05) is 0 Å². The molecule has 0 N–H and O–H groups in total. The topological polar surface area (TPSA) is 0 Å². The molecule has 2 aromatic carbocycles. The molecule has 2 aromatic rings. The molecule has 18 heavy (non-hydrogen) atoms. The summed E-state index contributed by atoms with van der Waals surface area (Å²) in [6, 6.07) is 17.3. The highest BCUT2D eigenvalue weighted by molar-refractivity contribution is 5.68. The van der Waals surface area contributed by atoms with Crippen molar-refractivity contribution in [2.45, 2.75) is 26.7 Å². The van der Waals surface area contributed by atoms with Crippen molar-refractivity contribution in [2.24, 2.45) is 0 Å². The van der Waals surface area contributed by atoms with Gasteiger partial charge in [-0.3, -0.25) is 0 Å². The van der Waals surface area contributed by atoms with E-state index in [0.717, 1.165) is 12.8 Å². The molecule has 0 unspecified atom stereocenters. The first-order valence-electron chi connectivity index (χ1n) is 6.52. The van der Waals surface area contributed by atoms with Gasteiger partial charge in [-0.25, -0.2) is 0 Å². The van der Waals surface area contributed by atoms with Crippen molar-refractivity contribution in [3.63, 3.8) is 0 Å². The first-order valence-corrected chi connectivity index (χ1v) is 6.52. The number of hydrogen-bond acceptors (Lipinski definition) is 0. The first-order chi connectivity index (χ1) is 8.70. The summed E-state index contributed by atoms with van der Waals surface area (Å²) in [5.41, 5.74) is 6.49. The van der Waals surface area contributed by atoms with Gasteiger partial charge in [0.05, 0.1) is 0 Å². The Hall–Kier alpha value is -1.82. The summed E-state index contributed by atoms with van der Waals surface area (Å²) in [5.74, 6) is 0. The van der Waals surface area contributed by atoms with E-state index in [4.69, 9.17) is 0 Å². The number of benzene rings is 2. The maximum absolute atomic E-state index is 4.22. The summed E-state index contributed by atoms with van der Waals surface area (Å²) < 4.78 is 0. The summed E-state index contributed by atoms with van der Waals surface area (Å²) in [6.45, 7) is 8.55. The molecule has 0 aromatic heterocycles. The van der Waals surface area contributed by atoms with Crippen LogP contribution in [-0.2, 0) is 12.8 Å². The van der Waals surface area contributed by atoms with Gasteiger partial charge in [-0.1, -0.05) is 62.0 Å². The Kier molecular flexibility index (Phi) is 3.99. The Labute approximate surface area is 110 Å². The van der Waals surface area contributed by atoms with E-state index in [9.17, 15) is 0 Å². The quantitative estimate of drug-likeness (QED) is 0.714. The second kappa shape index (κ2) is 5.68. The van der Waals surface area contributed by atoms with Gasteiger partial charge in [0.1, 0.15) is 0 Å². The molecule has 0 fully saturated rings.